The molecule has 1 saturated heterocycles. The second-order valence-corrected chi connectivity index (χ2v) is 4.36. The third-order valence-electron chi connectivity index (χ3n) is 3.05. The van der Waals surface area contributed by atoms with E-state index in [-0.39, 0.29) is 11.3 Å². The highest BCUT2D eigenvalue weighted by Crippen LogP contribution is 2.13. The number of aromatic amines is 1. The van der Waals surface area contributed by atoms with Gasteiger partial charge in [0, 0.05) is 6.54 Å². The molecule has 0 spiro atoms. The average molecular weight is 268 g/mol. The summed E-state index contributed by atoms with van der Waals surface area (Å²) in [5.41, 5.74) is -0.292. The highest BCUT2D eigenvalue weighted by atomic mass is 16.5. The predicted octanol–water partition coefficient (Wildman–Crippen LogP) is -0.0410. The molecule has 1 aromatic heterocycles. The molecule has 1 aromatic rings. The fraction of sp³-hybridized carbons (Fsp3) is 0.667. The fourth-order valence-corrected chi connectivity index (χ4v) is 2.06. The number of methoxy groups -OCH3 is 1. The second-order valence-electron chi connectivity index (χ2n) is 4.36. The molecule has 0 aliphatic carbocycles. The highest BCUT2D eigenvalue weighted by Gasteiger charge is 2.13. The van der Waals surface area contributed by atoms with Crippen LogP contribution < -0.4 is 20.9 Å². The van der Waals surface area contributed by atoms with Crippen LogP contribution in [0.2, 0.25) is 0 Å². The van der Waals surface area contributed by atoms with Gasteiger partial charge in [-0.25, -0.2) is 4.98 Å². The normalized spacial score (nSPS) is 16.3. The quantitative estimate of drug-likeness (QED) is 0.627. The van der Waals surface area contributed by atoms with Crippen LogP contribution in [0.15, 0.2) is 11.1 Å². The molecule has 2 heterocycles. The zero-order valence-electron chi connectivity index (χ0n) is 11.1. The Balaban J connectivity index is 1.76. The van der Waals surface area contributed by atoms with Crippen molar-refractivity contribution >= 4 is 5.82 Å². The van der Waals surface area contributed by atoms with Gasteiger partial charge >= 0.3 is 0 Å². The van der Waals surface area contributed by atoms with Gasteiger partial charge in [-0.15, -0.1) is 0 Å². The maximum Gasteiger partial charge on any atom is 0.295 e. The zero-order chi connectivity index (χ0) is 13.5. The number of nitrogens with zero attached hydrogens (tertiary/aromatic N) is 1. The van der Waals surface area contributed by atoms with Crippen LogP contribution in [0.25, 0.3) is 0 Å². The molecule has 0 atom stereocenters. The van der Waals surface area contributed by atoms with E-state index in [1.165, 1.54) is 13.4 Å². The fourth-order valence-electron chi connectivity index (χ4n) is 2.06. The number of hydrogen-bond acceptors (Lipinski definition) is 6. The maximum atomic E-state index is 11.5. The minimum atomic E-state index is -0.292. The SMILES string of the molecule is COc1c(NCCOC2CCNCC2)nc[nH]c1=O. The lowest BCUT2D eigenvalue weighted by atomic mass is 10.1. The van der Waals surface area contributed by atoms with E-state index < -0.39 is 0 Å². The van der Waals surface area contributed by atoms with Gasteiger partial charge in [0.25, 0.3) is 5.56 Å². The highest BCUT2D eigenvalue weighted by molar-refractivity contribution is 5.47. The first-order chi connectivity index (χ1) is 9.31. The van der Waals surface area contributed by atoms with Crippen LogP contribution in [0, 0.1) is 0 Å². The largest absolute Gasteiger partial charge is 0.489 e. The Morgan fingerprint density at radius 3 is 3.00 bits per heavy atom. The van der Waals surface area contributed by atoms with Crippen molar-refractivity contribution in [3.63, 3.8) is 0 Å². The minimum absolute atomic E-state index is 0.198. The van der Waals surface area contributed by atoms with E-state index in [9.17, 15) is 4.79 Å². The molecular formula is C12H20N4O3. The molecule has 2 rings (SSSR count). The van der Waals surface area contributed by atoms with Gasteiger partial charge in [0.1, 0.15) is 0 Å². The Kier molecular flexibility index (Phi) is 5.17. The molecule has 1 fully saturated rings. The second kappa shape index (κ2) is 7.10. The Morgan fingerprint density at radius 1 is 1.47 bits per heavy atom. The number of hydrogen-bond donors (Lipinski definition) is 3. The van der Waals surface area contributed by atoms with E-state index in [1.54, 1.807) is 0 Å². The van der Waals surface area contributed by atoms with Crippen LogP contribution >= 0.6 is 0 Å². The summed E-state index contributed by atoms with van der Waals surface area (Å²) < 4.78 is 10.8. The molecule has 19 heavy (non-hydrogen) atoms. The Hall–Kier alpha value is -1.60. The molecule has 0 unspecified atom stereocenters. The van der Waals surface area contributed by atoms with Gasteiger partial charge in [-0.05, 0) is 25.9 Å². The third-order valence-corrected chi connectivity index (χ3v) is 3.05. The summed E-state index contributed by atoms with van der Waals surface area (Å²) in [6, 6.07) is 0. The van der Waals surface area contributed by atoms with Crippen LogP contribution in [0.3, 0.4) is 0 Å². The van der Waals surface area contributed by atoms with Crippen molar-refractivity contribution in [3.05, 3.63) is 16.7 Å². The summed E-state index contributed by atoms with van der Waals surface area (Å²) in [7, 11) is 1.45. The molecule has 0 aromatic carbocycles. The standard InChI is InChI=1S/C12H20N4O3/c1-18-10-11(15-8-16-12(10)17)14-6-7-19-9-2-4-13-5-3-9/h8-9,13H,2-7H2,1H3,(H2,14,15,16,17). The Morgan fingerprint density at radius 2 is 2.26 bits per heavy atom. The number of nitrogens with one attached hydrogen (secondary N) is 3. The van der Waals surface area contributed by atoms with Crippen LogP contribution in [0.4, 0.5) is 5.82 Å². The third kappa shape index (κ3) is 3.93. The van der Waals surface area contributed by atoms with Gasteiger partial charge < -0.3 is 25.1 Å². The van der Waals surface area contributed by atoms with E-state index in [0.29, 0.717) is 25.1 Å². The topological polar surface area (TPSA) is 88.3 Å². The molecule has 7 heteroatoms. The number of rotatable bonds is 6. The van der Waals surface area contributed by atoms with Crippen molar-refractivity contribution in [2.75, 3.05) is 38.7 Å². The molecule has 3 N–H and O–H groups in total. The molecular weight excluding hydrogens is 248 g/mol. The molecule has 1 aliphatic heterocycles. The summed E-state index contributed by atoms with van der Waals surface area (Å²) >= 11 is 0. The molecule has 1 aliphatic rings. The van der Waals surface area contributed by atoms with E-state index in [1.807, 2.05) is 0 Å². The number of piperidine rings is 1. The maximum absolute atomic E-state index is 11.5. The van der Waals surface area contributed by atoms with Gasteiger partial charge in [0.2, 0.25) is 5.75 Å². The lowest BCUT2D eigenvalue weighted by Crippen LogP contribution is -2.33. The van der Waals surface area contributed by atoms with Gasteiger partial charge in [-0.3, -0.25) is 4.79 Å². The van der Waals surface area contributed by atoms with Crippen molar-refractivity contribution in [2.24, 2.45) is 0 Å². The molecule has 0 amide bonds. The number of ether oxygens (including phenoxy) is 2. The van der Waals surface area contributed by atoms with Gasteiger partial charge in [-0.2, -0.15) is 0 Å². The zero-order valence-corrected chi connectivity index (χ0v) is 11.1. The Labute approximate surface area is 111 Å². The van der Waals surface area contributed by atoms with E-state index >= 15 is 0 Å². The lowest BCUT2D eigenvalue weighted by Gasteiger charge is -2.23. The number of anilines is 1. The summed E-state index contributed by atoms with van der Waals surface area (Å²) in [5, 5.41) is 6.34. The molecule has 0 bridgehead atoms. The smallest absolute Gasteiger partial charge is 0.295 e. The summed E-state index contributed by atoms with van der Waals surface area (Å²) in [6.45, 7) is 3.21. The van der Waals surface area contributed by atoms with E-state index in [2.05, 4.69) is 20.6 Å². The first-order valence-electron chi connectivity index (χ1n) is 6.49. The first-order valence-corrected chi connectivity index (χ1v) is 6.49. The summed E-state index contributed by atoms with van der Waals surface area (Å²) in [6.07, 6.45) is 3.78. The van der Waals surface area contributed by atoms with Gasteiger partial charge in [-0.1, -0.05) is 0 Å². The molecule has 0 saturated carbocycles. The van der Waals surface area contributed by atoms with E-state index in [4.69, 9.17) is 9.47 Å². The van der Waals surface area contributed by atoms with Crippen molar-refractivity contribution in [1.82, 2.24) is 15.3 Å². The van der Waals surface area contributed by atoms with Crippen molar-refractivity contribution in [3.8, 4) is 5.75 Å². The van der Waals surface area contributed by atoms with Crippen LogP contribution in [-0.2, 0) is 4.74 Å². The van der Waals surface area contributed by atoms with Crippen molar-refractivity contribution in [2.45, 2.75) is 18.9 Å². The minimum Gasteiger partial charge on any atom is -0.489 e. The monoisotopic (exact) mass is 268 g/mol. The molecule has 0 radical (unpaired) electrons. The van der Waals surface area contributed by atoms with Crippen molar-refractivity contribution in [1.29, 1.82) is 0 Å². The van der Waals surface area contributed by atoms with Crippen molar-refractivity contribution < 1.29 is 9.47 Å². The van der Waals surface area contributed by atoms with E-state index in [0.717, 1.165) is 25.9 Å². The lowest BCUT2D eigenvalue weighted by molar-refractivity contribution is 0.0394. The Bertz CT molecular complexity index is 443. The molecule has 106 valence electrons. The van der Waals surface area contributed by atoms with Crippen LogP contribution in [-0.4, -0.2) is 49.4 Å². The van der Waals surface area contributed by atoms with Gasteiger partial charge in [0.15, 0.2) is 5.82 Å². The molecule has 7 nitrogen and oxygen atoms in total. The predicted molar refractivity (Wildman–Crippen MR) is 71.7 cm³/mol. The first kappa shape index (κ1) is 13.8. The average Bonchev–Trinajstić information content (AvgIpc) is 2.45. The van der Waals surface area contributed by atoms with Gasteiger partial charge in [0.05, 0.1) is 26.1 Å². The summed E-state index contributed by atoms with van der Waals surface area (Å²) in [5.74, 6) is 0.643. The number of H-pyrrole nitrogens is 1. The summed E-state index contributed by atoms with van der Waals surface area (Å²) in [4.78, 5) is 18.0. The van der Waals surface area contributed by atoms with Crippen LogP contribution in [0.1, 0.15) is 12.8 Å². The number of aromatic nitrogens is 2. The van der Waals surface area contributed by atoms with Crippen LogP contribution in [0.5, 0.6) is 5.75 Å².